The van der Waals surface area contributed by atoms with E-state index < -0.39 is 5.97 Å². The van der Waals surface area contributed by atoms with Crippen molar-refractivity contribution in [3.8, 4) is 0 Å². The summed E-state index contributed by atoms with van der Waals surface area (Å²) in [6, 6.07) is -0.217. The molecule has 1 heterocycles. The van der Waals surface area contributed by atoms with Crippen LogP contribution >= 0.6 is 0 Å². The van der Waals surface area contributed by atoms with Crippen LogP contribution in [0.1, 0.15) is 19.3 Å². The second kappa shape index (κ2) is 7.11. The van der Waals surface area contributed by atoms with Crippen LogP contribution in [0.3, 0.4) is 0 Å². The predicted molar refractivity (Wildman–Crippen MR) is 61.8 cm³/mol. The summed E-state index contributed by atoms with van der Waals surface area (Å²) in [4.78, 5) is 23.3. The number of rotatable bonds is 6. The Kier molecular flexibility index (Phi) is 5.76. The maximum Gasteiger partial charge on any atom is 0.317 e. The minimum Gasteiger partial charge on any atom is -0.481 e. The molecule has 0 aliphatic carbocycles. The zero-order chi connectivity index (χ0) is 12.7. The Morgan fingerprint density at radius 1 is 1.53 bits per heavy atom. The molecular formula is C11H20N2O4. The molecule has 1 saturated heterocycles. The van der Waals surface area contributed by atoms with Crippen molar-refractivity contribution in [1.82, 2.24) is 10.2 Å². The van der Waals surface area contributed by atoms with Crippen LogP contribution in [0.15, 0.2) is 0 Å². The molecule has 1 rings (SSSR count). The van der Waals surface area contributed by atoms with E-state index in [0.29, 0.717) is 12.5 Å². The number of urea groups is 1. The number of nitrogens with one attached hydrogen (secondary N) is 1. The molecule has 2 amide bonds. The number of carbonyl (C=O) groups is 2. The van der Waals surface area contributed by atoms with Gasteiger partial charge in [-0.1, -0.05) is 0 Å². The quantitative estimate of drug-likeness (QED) is 0.714. The first kappa shape index (κ1) is 13.8. The van der Waals surface area contributed by atoms with Gasteiger partial charge in [-0.2, -0.15) is 0 Å². The highest BCUT2D eigenvalue weighted by Gasteiger charge is 2.16. The maximum atomic E-state index is 11.5. The second-order valence-electron chi connectivity index (χ2n) is 4.32. The van der Waals surface area contributed by atoms with E-state index in [1.54, 1.807) is 7.05 Å². The minimum absolute atomic E-state index is 0.0274. The monoisotopic (exact) mass is 244 g/mol. The molecule has 6 heteroatoms. The standard InChI is InChI=1S/C11H20N2O4/c1-13(6-3-10(14)15)11(16)12-5-2-9-4-7-17-8-9/h9H,2-8H2,1H3,(H,12,16)(H,14,15). The van der Waals surface area contributed by atoms with E-state index in [2.05, 4.69) is 5.32 Å². The van der Waals surface area contributed by atoms with E-state index in [1.807, 2.05) is 0 Å². The molecule has 0 radical (unpaired) electrons. The SMILES string of the molecule is CN(CCC(=O)O)C(=O)NCCC1CCOC1. The third-order valence-corrected chi connectivity index (χ3v) is 2.86. The average molecular weight is 244 g/mol. The van der Waals surface area contributed by atoms with Crippen LogP contribution in [-0.4, -0.2) is 55.4 Å². The number of nitrogens with zero attached hydrogens (tertiary/aromatic N) is 1. The van der Waals surface area contributed by atoms with Crippen molar-refractivity contribution in [1.29, 1.82) is 0 Å². The third kappa shape index (κ3) is 5.53. The van der Waals surface area contributed by atoms with Crippen molar-refractivity contribution < 1.29 is 19.4 Å². The van der Waals surface area contributed by atoms with Gasteiger partial charge in [-0.15, -0.1) is 0 Å². The van der Waals surface area contributed by atoms with Gasteiger partial charge < -0.3 is 20.1 Å². The largest absolute Gasteiger partial charge is 0.481 e. The van der Waals surface area contributed by atoms with Crippen molar-refractivity contribution in [3.05, 3.63) is 0 Å². The molecule has 6 nitrogen and oxygen atoms in total. The molecular weight excluding hydrogens is 224 g/mol. The highest BCUT2D eigenvalue weighted by molar-refractivity contribution is 5.74. The molecule has 1 unspecified atom stereocenters. The molecule has 0 spiro atoms. The Labute approximate surface area is 101 Å². The van der Waals surface area contributed by atoms with E-state index in [9.17, 15) is 9.59 Å². The van der Waals surface area contributed by atoms with Gasteiger partial charge in [0.25, 0.3) is 0 Å². The molecule has 1 atom stereocenters. The van der Waals surface area contributed by atoms with Gasteiger partial charge in [-0.25, -0.2) is 4.79 Å². The Hall–Kier alpha value is -1.30. The van der Waals surface area contributed by atoms with Gasteiger partial charge in [0.2, 0.25) is 0 Å². The number of carboxylic acid groups (broad SMARTS) is 1. The molecule has 1 aliphatic rings. The topological polar surface area (TPSA) is 78.9 Å². The van der Waals surface area contributed by atoms with Crippen LogP contribution in [0.4, 0.5) is 4.79 Å². The second-order valence-corrected chi connectivity index (χ2v) is 4.32. The van der Waals surface area contributed by atoms with Crippen LogP contribution in [0.25, 0.3) is 0 Å². The highest BCUT2D eigenvalue weighted by Crippen LogP contribution is 2.15. The van der Waals surface area contributed by atoms with E-state index in [4.69, 9.17) is 9.84 Å². The van der Waals surface area contributed by atoms with E-state index in [-0.39, 0.29) is 19.0 Å². The Morgan fingerprint density at radius 2 is 2.29 bits per heavy atom. The third-order valence-electron chi connectivity index (χ3n) is 2.86. The van der Waals surface area contributed by atoms with Crippen LogP contribution in [-0.2, 0) is 9.53 Å². The fraction of sp³-hybridized carbons (Fsp3) is 0.818. The number of hydrogen-bond donors (Lipinski definition) is 2. The summed E-state index contributed by atoms with van der Waals surface area (Å²) >= 11 is 0. The average Bonchev–Trinajstić information content (AvgIpc) is 2.78. The van der Waals surface area contributed by atoms with Crippen molar-refractivity contribution >= 4 is 12.0 Å². The lowest BCUT2D eigenvalue weighted by Gasteiger charge is -2.17. The van der Waals surface area contributed by atoms with Crippen molar-refractivity contribution in [2.45, 2.75) is 19.3 Å². The molecule has 0 aromatic heterocycles. The van der Waals surface area contributed by atoms with Crippen LogP contribution < -0.4 is 5.32 Å². The molecule has 0 saturated carbocycles. The Morgan fingerprint density at radius 3 is 2.88 bits per heavy atom. The van der Waals surface area contributed by atoms with Crippen molar-refractivity contribution in [3.63, 3.8) is 0 Å². The van der Waals surface area contributed by atoms with Crippen LogP contribution in [0.2, 0.25) is 0 Å². The lowest BCUT2D eigenvalue weighted by atomic mass is 10.1. The van der Waals surface area contributed by atoms with Gasteiger partial charge in [0.15, 0.2) is 0 Å². The molecule has 2 N–H and O–H groups in total. The molecule has 17 heavy (non-hydrogen) atoms. The van der Waals surface area contributed by atoms with Crippen LogP contribution in [0, 0.1) is 5.92 Å². The predicted octanol–water partition coefficient (Wildman–Crippen LogP) is 0.529. The normalized spacial score (nSPS) is 19.0. The first-order valence-corrected chi connectivity index (χ1v) is 5.88. The number of amides is 2. The van der Waals surface area contributed by atoms with Gasteiger partial charge in [0.05, 0.1) is 6.42 Å². The maximum absolute atomic E-state index is 11.5. The summed E-state index contributed by atoms with van der Waals surface area (Å²) in [5.41, 5.74) is 0. The number of carboxylic acids is 1. The van der Waals surface area contributed by atoms with Gasteiger partial charge >= 0.3 is 12.0 Å². The first-order valence-electron chi connectivity index (χ1n) is 5.88. The fourth-order valence-electron chi connectivity index (χ4n) is 1.69. The lowest BCUT2D eigenvalue weighted by molar-refractivity contribution is -0.137. The Balaban J connectivity index is 2.08. The van der Waals surface area contributed by atoms with Crippen LogP contribution in [0.5, 0.6) is 0 Å². The molecule has 0 bridgehead atoms. The zero-order valence-electron chi connectivity index (χ0n) is 10.1. The molecule has 1 aliphatic heterocycles. The summed E-state index contributed by atoms with van der Waals surface area (Å²) in [5.74, 6) is -0.354. The molecule has 1 fully saturated rings. The number of aliphatic carboxylic acids is 1. The fourth-order valence-corrected chi connectivity index (χ4v) is 1.69. The highest BCUT2D eigenvalue weighted by atomic mass is 16.5. The Bertz CT molecular complexity index is 264. The first-order chi connectivity index (χ1) is 8.09. The summed E-state index contributed by atoms with van der Waals surface area (Å²) in [6.45, 7) is 2.44. The number of carbonyl (C=O) groups excluding carboxylic acids is 1. The summed E-state index contributed by atoms with van der Waals surface area (Å²) < 4.78 is 5.24. The smallest absolute Gasteiger partial charge is 0.317 e. The van der Waals surface area contributed by atoms with Gasteiger partial charge in [0.1, 0.15) is 0 Å². The summed E-state index contributed by atoms with van der Waals surface area (Å²) in [5, 5.41) is 11.3. The van der Waals surface area contributed by atoms with E-state index in [1.165, 1.54) is 4.90 Å². The number of hydrogen-bond acceptors (Lipinski definition) is 3. The van der Waals surface area contributed by atoms with Gasteiger partial charge in [-0.05, 0) is 18.8 Å². The molecule has 0 aromatic carbocycles. The number of ether oxygens (including phenoxy) is 1. The van der Waals surface area contributed by atoms with E-state index >= 15 is 0 Å². The minimum atomic E-state index is -0.896. The lowest BCUT2D eigenvalue weighted by Crippen LogP contribution is -2.39. The van der Waals surface area contributed by atoms with Gasteiger partial charge in [-0.3, -0.25) is 4.79 Å². The van der Waals surface area contributed by atoms with Gasteiger partial charge in [0, 0.05) is 33.4 Å². The zero-order valence-corrected chi connectivity index (χ0v) is 10.1. The summed E-state index contributed by atoms with van der Waals surface area (Å²) in [6.07, 6.45) is 1.95. The summed E-state index contributed by atoms with van der Waals surface area (Å²) in [7, 11) is 1.59. The molecule has 98 valence electrons. The molecule has 0 aromatic rings. The van der Waals surface area contributed by atoms with E-state index in [0.717, 1.165) is 26.1 Å². The van der Waals surface area contributed by atoms with Crippen molar-refractivity contribution in [2.24, 2.45) is 5.92 Å². The van der Waals surface area contributed by atoms with Crippen molar-refractivity contribution in [2.75, 3.05) is 33.4 Å².